The van der Waals surface area contributed by atoms with Gasteiger partial charge in [-0.2, -0.15) is 0 Å². The Morgan fingerprint density at radius 1 is 0.704 bits per heavy atom. The van der Waals surface area contributed by atoms with Gasteiger partial charge < -0.3 is 4.98 Å². The summed E-state index contributed by atoms with van der Waals surface area (Å²) in [7, 11) is 0. The summed E-state index contributed by atoms with van der Waals surface area (Å²) in [5, 5.41) is 5.65. The minimum absolute atomic E-state index is 0.00589. The third-order valence-electron chi connectivity index (χ3n) is 6.25. The van der Waals surface area contributed by atoms with Crippen LogP contribution in [0.2, 0.25) is 5.02 Å². The molecule has 0 amide bonds. The fourth-order valence-corrected chi connectivity index (χ4v) is 5.20. The third kappa shape index (κ3) is 1.85. The van der Waals surface area contributed by atoms with E-state index < -0.39 is 0 Å². The largest absolute Gasteiger partial charge is 0.354 e. The van der Waals surface area contributed by atoms with E-state index in [1.54, 1.807) is 0 Å². The average molecular weight is 368 g/mol. The van der Waals surface area contributed by atoms with Crippen LogP contribution in [0.4, 0.5) is 0 Å². The van der Waals surface area contributed by atoms with Gasteiger partial charge in [-0.25, -0.2) is 0 Å². The molecule has 2 heteroatoms. The highest BCUT2D eigenvalue weighted by Gasteiger charge is 2.35. The van der Waals surface area contributed by atoms with Gasteiger partial charge in [0.15, 0.2) is 0 Å². The summed E-state index contributed by atoms with van der Waals surface area (Å²) < 4.78 is 0. The van der Waals surface area contributed by atoms with Gasteiger partial charge in [-0.05, 0) is 45.8 Å². The first kappa shape index (κ1) is 15.3. The van der Waals surface area contributed by atoms with Crippen LogP contribution in [0, 0.1) is 0 Å². The van der Waals surface area contributed by atoms with Crippen LogP contribution in [-0.4, -0.2) is 4.98 Å². The van der Waals surface area contributed by atoms with Crippen molar-refractivity contribution in [1.82, 2.24) is 4.98 Å². The molecule has 27 heavy (non-hydrogen) atoms. The van der Waals surface area contributed by atoms with Crippen molar-refractivity contribution in [3.8, 4) is 11.1 Å². The second-order valence-electron chi connectivity index (χ2n) is 8.07. The van der Waals surface area contributed by atoms with Crippen molar-refractivity contribution in [2.24, 2.45) is 0 Å². The van der Waals surface area contributed by atoms with Crippen LogP contribution in [0.25, 0.3) is 43.7 Å². The van der Waals surface area contributed by atoms with Gasteiger partial charge in [-0.1, -0.05) is 74.0 Å². The van der Waals surface area contributed by atoms with E-state index in [1.165, 1.54) is 43.9 Å². The summed E-state index contributed by atoms with van der Waals surface area (Å²) in [6.07, 6.45) is 0. The van der Waals surface area contributed by atoms with Crippen LogP contribution in [0.15, 0.2) is 66.7 Å². The number of rotatable bonds is 0. The molecule has 0 spiro atoms. The van der Waals surface area contributed by atoms with E-state index in [-0.39, 0.29) is 5.41 Å². The summed E-state index contributed by atoms with van der Waals surface area (Å²) >= 11 is 6.56. The van der Waals surface area contributed by atoms with E-state index in [4.69, 9.17) is 11.6 Å². The van der Waals surface area contributed by atoms with Crippen LogP contribution < -0.4 is 0 Å². The van der Waals surface area contributed by atoms with Crippen LogP contribution in [0.5, 0.6) is 0 Å². The summed E-state index contributed by atoms with van der Waals surface area (Å²) in [6, 6.07) is 24.0. The predicted octanol–water partition coefficient (Wildman–Crippen LogP) is 7.43. The highest BCUT2D eigenvalue weighted by molar-refractivity contribution is 6.38. The monoisotopic (exact) mass is 367 g/mol. The molecule has 1 nitrogen and oxygen atoms in total. The first-order valence-electron chi connectivity index (χ1n) is 9.33. The van der Waals surface area contributed by atoms with Gasteiger partial charge in [0.25, 0.3) is 0 Å². The number of benzene rings is 4. The molecule has 1 aliphatic rings. The van der Waals surface area contributed by atoms with E-state index in [0.717, 1.165) is 15.9 Å². The SMILES string of the molecule is CC1(C)c2ccccc2-c2cc3[nH]c4cc(Cl)c5ccccc5c4c3cc21. The molecule has 0 saturated carbocycles. The Bertz CT molecular complexity index is 1400. The summed E-state index contributed by atoms with van der Waals surface area (Å²) in [5.74, 6) is 0. The number of hydrogen-bond acceptors (Lipinski definition) is 0. The molecular weight excluding hydrogens is 350 g/mol. The van der Waals surface area contributed by atoms with E-state index in [0.29, 0.717) is 0 Å². The molecule has 1 aromatic heterocycles. The van der Waals surface area contributed by atoms with Gasteiger partial charge >= 0.3 is 0 Å². The first-order valence-corrected chi connectivity index (χ1v) is 9.70. The van der Waals surface area contributed by atoms with Gasteiger partial charge in [0.05, 0.1) is 5.02 Å². The highest BCUT2D eigenvalue weighted by Crippen LogP contribution is 2.50. The van der Waals surface area contributed by atoms with Crippen molar-refractivity contribution < 1.29 is 0 Å². The Morgan fingerprint density at radius 3 is 2.30 bits per heavy atom. The zero-order valence-corrected chi connectivity index (χ0v) is 16.0. The molecule has 5 aromatic rings. The molecule has 0 aliphatic heterocycles. The molecule has 0 atom stereocenters. The van der Waals surface area contributed by atoms with Crippen LogP contribution in [0.3, 0.4) is 0 Å². The number of hydrogen-bond donors (Lipinski definition) is 1. The Hall–Kier alpha value is -2.77. The van der Waals surface area contributed by atoms with E-state index in [2.05, 4.69) is 79.5 Å². The number of aromatic amines is 1. The fraction of sp³-hybridized carbons (Fsp3) is 0.120. The minimum atomic E-state index is 0.00589. The summed E-state index contributed by atoms with van der Waals surface area (Å²) in [6.45, 7) is 4.65. The molecule has 0 bridgehead atoms. The second kappa shape index (κ2) is 4.94. The molecule has 0 unspecified atom stereocenters. The molecule has 1 aliphatic carbocycles. The zero-order valence-electron chi connectivity index (χ0n) is 15.2. The molecule has 1 N–H and O–H groups in total. The quantitative estimate of drug-likeness (QED) is 0.293. The molecule has 0 fully saturated rings. The fourth-order valence-electron chi connectivity index (χ4n) is 4.92. The number of nitrogens with one attached hydrogen (secondary N) is 1. The molecular formula is C25H18ClN. The first-order chi connectivity index (χ1) is 13.1. The van der Waals surface area contributed by atoms with E-state index >= 15 is 0 Å². The maximum Gasteiger partial charge on any atom is 0.0505 e. The van der Waals surface area contributed by atoms with Gasteiger partial charge in [0.1, 0.15) is 0 Å². The van der Waals surface area contributed by atoms with Crippen molar-refractivity contribution in [2.45, 2.75) is 19.3 Å². The van der Waals surface area contributed by atoms with E-state index in [1.807, 2.05) is 6.07 Å². The molecule has 6 rings (SSSR count). The summed E-state index contributed by atoms with van der Waals surface area (Å²) in [5.41, 5.74) is 7.77. The lowest BCUT2D eigenvalue weighted by atomic mass is 9.82. The number of fused-ring (bicyclic) bond motifs is 8. The average Bonchev–Trinajstić information content (AvgIpc) is 3.14. The van der Waals surface area contributed by atoms with Crippen LogP contribution in [-0.2, 0) is 5.41 Å². The van der Waals surface area contributed by atoms with Gasteiger partial charge in [-0.3, -0.25) is 0 Å². The number of halogens is 1. The minimum Gasteiger partial charge on any atom is -0.354 e. The number of aromatic nitrogens is 1. The standard InChI is InChI=1S/C25H18ClN/c1-25(2)19-10-6-5-7-14(19)17-12-22-18(11-20(17)25)24-16-9-4-3-8-15(16)21(26)13-23(24)27-22/h3-13,27H,1-2H3. The predicted molar refractivity (Wildman–Crippen MR) is 116 cm³/mol. The Labute approximate surface area is 162 Å². The molecule has 4 aromatic carbocycles. The van der Waals surface area contributed by atoms with Gasteiger partial charge in [0.2, 0.25) is 0 Å². The van der Waals surface area contributed by atoms with Crippen LogP contribution >= 0.6 is 11.6 Å². The molecule has 130 valence electrons. The van der Waals surface area contributed by atoms with Crippen molar-refractivity contribution in [2.75, 3.05) is 0 Å². The maximum absolute atomic E-state index is 6.56. The van der Waals surface area contributed by atoms with Crippen molar-refractivity contribution in [1.29, 1.82) is 0 Å². The zero-order chi connectivity index (χ0) is 18.3. The lowest BCUT2D eigenvalue weighted by Gasteiger charge is -2.21. The molecule has 1 heterocycles. The molecule has 0 saturated heterocycles. The van der Waals surface area contributed by atoms with Crippen molar-refractivity contribution >= 4 is 44.2 Å². The Kier molecular flexibility index (Phi) is 2.80. The number of H-pyrrole nitrogens is 1. The van der Waals surface area contributed by atoms with Gasteiger partial charge in [-0.15, -0.1) is 0 Å². The second-order valence-corrected chi connectivity index (χ2v) is 8.47. The highest BCUT2D eigenvalue weighted by atomic mass is 35.5. The van der Waals surface area contributed by atoms with E-state index in [9.17, 15) is 0 Å². The molecule has 0 radical (unpaired) electrons. The Balaban J connectivity index is 1.80. The van der Waals surface area contributed by atoms with Crippen LogP contribution in [0.1, 0.15) is 25.0 Å². The normalized spacial score (nSPS) is 14.8. The van der Waals surface area contributed by atoms with Gasteiger partial charge in [0, 0.05) is 32.6 Å². The van der Waals surface area contributed by atoms with Crippen molar-refractivity contribution in [3.63, 3.8) is 0 Å². The lowest BCUT2D eigenvalue weighted by Crippen LogP contribution is -2.14. The Morgan fingerprint density at radius 2 is 1.44 bits per heavy atom. The third-order valence-corrected chi connectivity index (χ3v) is 6.57. The maximum atomic E-state index is 6.56. The topological polar surface area (TPSA) is 15.8 Å². The summed E-state index contributed by atoms with van der Waals surface area (Å²) in [4.78, 5) is 3.61. The van der Waals surface area contributed by atoms with Crippen molar-refractivity contribution in [3.05, 3.63) is 82.9 Å². The smallest absolute Gasteiger partial charge is 0.0505 e. The lowest BCUT2D eigenvalue weighted by molar-refractivity contribution is 0.661.